The molecule has 0 saturated heterocycles. The Kier molecular flexibility index (Phi) is 4.92. The van der Waals surface area contributed by atoms with E-state index in [2.05, 4.69) is 0 Å². The molecule has 7 heteroatoms. The van der Waals surface area contributed by atoms with Crippen LogP contribution in [0.5, 0.6) is 0 Å². The van der Waals surface area contributed by atoms with E-state index in [0.29, 0.717) is 6.42 Å². The van der Waals surface area contributed by atoms with Crippen LogP contribution in [-0.4, -0.2) is 31.3 Å². The van der Waals surface area contributed by atoms with E-state index in [1.54, 1.807) is 31.2 Å². The highest BCUT2D eigenvalue weighted by atomic mass is 127. The monoisotopic (exact) mass is 421 g/mol. The lowest BCUT2D eigenvalue weighted by Gasteiger charge is -2.23. The Bertz CT molecular complexity index is 667. The van der Waals surface area contributed by atoms with Gasteiger partial charge in [-0.15, -0.1) is 0 Å². The fraction of sp³-hybridized carbons (Fsp3) is 0.357. The summed E-state index contributed by atoms with van der Waals surface area (Å²) in [4.78, 5) is 12.1. The molecule has 1 aromatic rings. The third-order valence-electron chi connectivity index (χ3n) is 3.12. The Morgan fingerprint density at radius 2 is 2.00 bits per heavy atom. The van der Waals surface area contributed by atoms with Crippen molar-refractivity contribution in [3.05, 3.63) is 39.6 Å². The standard InChI is InChI=1S/C14H16INO4S/c1-3-20-14(17)13-8-11(15)9-16(13)21(18,19)12-6-4-10(2)5-7-12/h4-7,9,13H,3,8H2,1-2H3/t13-/m0/s1. The molecule has 21 heavy (non-hydrogen) atoms. The predicted molar refractivity (Wildman–Crippen MR) is 87.3 cm³/mol. The fourth-order valence-corrected chi connectivity index (χ4v) is 4.44. The Balaban J connectivity index is 2.37. The van der Waals surface area contributed by atoms with Crippen molar-refractivity contribution in [2.75, 3.05) is 6.61 Å². The van der Waals surface area contributed by atoms with Crippen LogP contribution >= 0.6 is 22.6 Å². The van der Waals surface area contributed by atoms with Gasteiger partial charge in [0.25, 0.3) is 10.0 Å². The molecule has 2 rings (SSSR count). The molecule has 1 aromatic carbocycles. The van der Waals surface area contributed by atoms with Crippen LogP contribution in [-0.2, 0) is 19.6 Å². The minimum Gasteiger partial charge on any atom is -0.464 e. The molecule has 114 valence electrons. The highest BCUT2D eigenvalue weighted by Crippen LogP contribution is 2.32. The number of esters is 1. The molecule has 0 radical (unpaired) electrons. The second kappa shape index (κ2) is 6.35. The zero-order valence-corrected chi connectivity index (χ0v) is 14.7. The first-order valence-corrected chi connectivity index (χ1v) is 9.01. The maximum absolute atomic E-state index is 12.7. The van der Waals surface area contributed by atoms with E-state index in [9.17, 15) is 13.2 Å². The number of hydrogen-bond acceptors (Lipinski definition) is 4. The van der Waals surface area contributed by atoms with Crippen molar-refractivity contribution < 1.29 is 17.9 Å². The third kappa shape index (κ3) is 3.39. The van der Waals surface area contributed by atoms with Crippen molar-refractivity contribution in [2.24, 2.45) is 0 Å². The number of nitrogens with zero attached hydrogens (tertiary/aromatic N) is 1. The van der Waals surface area contributed by atoms with Crippen molar-refractivity contribution in [2.45, 2.75) is 31.2 Å². The zero-order valence-electron chi connectivity index (χ0n) is 11.7. The summed E-state index contributed by atoms with van der Waals surface area (Å²) in [7, 11) is -3.75. The summed E-state index contributed by atoms with van der Waals surface area (Å²) in [6, 6.07) is 5.74. The Morgan fingerprint density at radius 1 is 1.38 bits per heavy atom. The molecule has 0 spiro atoms. The molecule has 0 aromatic heterocycles. The van der Waals surface area contributed by atoms with Gasteiger partial charge in [-0.05, 0) is 48.6 Å². The summed E-state index contributed by atoms with van der Waals surface area (Å²) in [5.74, 6) is -0.517. The van der Waals surface area contributed by atoms with Gasteiger partial charge in [0.15, 0.2) is 0 Å². The first-order valence-electron chi connectivity index (χ1n) is 6.49. The molecule has 0 aliphatic carbocycles. The van der Waals surface area contributed by atoms with E-state index in [0.717, 1.165) is 13.4 Å². The smallest absolute Gasteiger partial charge is 0.330 e. The first kappa shape index (κ1) is 16.3. The minimum absolute atomic E-state index is 0.171. The van der Waals surface area contributed by atoms with Crippen LogP contribution in [0.4, 0.5) is 0 Å². The van der Waals surface area contributed by atoms with Crippen LogP contribution in [0.1, 0.15) is 18.9 Å². The number of benzene rings is 1. The summed E-state index contributed by atoms with van der Waals surface area (Å²) >= 11 is 2.04. The van der Waals surface area contributed by atoms with Crippen molar-refractivity contribution in [3.8, 4) is 0 Å². The lowest BCUT2D eigenvalue weighted by Crippen LogP contribution is -2.39. The van der Waals surface area contributed by atoms with Gasteiger partial charge in [-0.3, -0.25) is 4.31 Å². The fourth-order valence-electron chi connectivity index (χ4n) is 2.05. The normalized spacial score (nSPS) is 18.5. The van der Waals surface area contributed by atoms with Gasteiger partial charge in [0.1, 0.15) is 6.04 Å². The van der Waals surface area contributed by atoms with Gasteiger partial charge in [0.05, 0.1) is 11.5 Å². The van der Waals surface area contributed by atoms with E-state index in [1.165, 1.54) is 6.20 Å². The van der Waals surface area contributed by atoms with E-state index in [1.807, 2.05) is 29.5 Å². The maximum Gasteiger partial charge on any atom is 0.330 e. The highest BCUT2D eigenvalue weighted by Gasteiger charge is 2.39. The highest BCUT2D eigenvalue weighted by molar-refractivity contribution is 14.1. The van der Waals surface area contributed by atoms with Gasteiger partial charge < -0.3 is 4.74 Å². The number of rotatable bonds is 4. The Morgan fingerprint density at radius 3 is 2.57 bits per heavy atom. The van der Waals surface area contributed by atoms with Crippen LogP contribution in [0.2, 0.25) is 0 Å². The second-order valence-electron chi connectivity index (χ2n) is 4.70. The van der Waals surface area contributed by atoms with E-state index in [4.69, 9.17) is 4.74 Å². The number of sulfonamides is 1. The molecule has 0 amide bonds. The molecule has 1 aliphatic heterocycles. The molecular weight excluding hydrogens is 405 g/mol. The third-order valence-corrected chi connectivity index (χ3v) is 5.62. The van der Waals surface area contributed by atoms with E-state index < -0.39 is 22.0 Å². The lowest BCUT2D eigenvalue weighted by atomic mass is 10.2. The summed E-state index contributed by atoms with van der Waals surface area (Å²) in [5, 5.41) is 0. The van der Waals surface area contributed by atoms with Crippen LogP contribution in [0.3, 0.4) is 0 Å². The van der Waals surface area contributed by atoms with Crippen molar-refractivity contribution in [1.29, 1.82) is 0 Å². The molecule has 0 saturated carbocycles. The first-order chi connectivity index (χ1) is 9.86. The quantitative estimate of drug-likeness (QED) is 0.554. The van der Waals surface area contributed by atoms with Gasteiger partial charge in [0.2, 0.25) is 0 Å². The van der Waals surface area contributed by atoms with Gasteiger partial charge in [-0.1, -0.05) is 17.7 Å². The molecule has 5 nitrogen and oxygen atoms in total. The number of halogens is 1. The lowest BCUT2D eigenvalue weighted by molar-refractivity contribution is -0.146. The maximum atomic E-state index is 12.7. The molecule has 0 fully saturated rings. The van der Waals surface area contributed by atoms with Crippen molar-refractivity contribution >= 4 is 38.6 Å². The summed E-state index contributed by atoms with van der Waals surface area (Å²) < 4.78 is 32.2. The van der Waals surface area contributed by atoms with E-state index in [-0.39, 0.29) is 11.5 Å². The molecule has 1 atom stereocenters. The van der Waals surface area contributed by atoms with Gasteiger partial charge in [0, 0.05) is 16.2 Å². The SMILES string of the molecule is CCOC(=O)[C@@H]1CC(I)=CN1S(=O)(=O)c1ccc(C)cc1. The Hall–Kier alpha value is -1.09. The average molecular weight is 421 g/mol. The number of aryl methyl sites for hydroxylation is 1. The molecule has 0 bridgehead atoms. The predicted octanol–water partition coefficient (Wildman–Crippen LogP) is 2.60. The largest absolute Gasteiger partial charge is 0.464 e. The van der Waals surface area contributed by atoms with Gasteiger partial charge in [-0.2, -0.15) is 0 Å². The average Bonchev–Trinajstić information content (AvgIpc) is 2.82. The second-order valence-corrected chi connectivity index (χ2v) is 7.92. The van der Waals surface area contributed by atoms with Crippen molar-refractivity contribution in [1.82, 2.24) is 4.31 Å². The van der Waals surface area contributed by atoms with Gasteiger partial charge in [-0.25, -0.2) is 13.2 Å². The zero-order chi connectivity index (χ0) is 15.6. The topological polar surface area (TPSA) is 63.7 Å². The van der Waals surface area contributed by atoms with Crippen LogP contribution < -0.4 is 0 Å². The summed E-state index contributed by atoms with van der Waals surface area (Å²) in [5.41, 5.74) is 0.974. The van der Waals surface area contributed by atoms with Gasteiger partial charge >= 0.3 is 5.97 Å². The molecule has 0 unspecified atom stereocenters. The Labute approximate surface area is 138 Å². The molecule has 1 heterocycles. The van der Waals surface area contributed by atoms with Crippen LogP contribution in [0.25, 0.3) is 0 Å². The molecule has 0 N–H and O–H groups in total. The number of carbonyl (C=O) groups is 1. The minimum atomic E-state index is -3.75. The summed E-state index contributed by atoms with van der Waals surface area (Å²) in [6.45, 7) is 3.81. The van der Waals surface area contributed by atoms with Crippen molar-refractivity contribution in [3.63, 3.8) is 0 Å². The molecule has 1 aliphatic rings. The number of ether oxygens (including phenoxy) is 1. The molecular formula is C14H16INO4S. The van der Waals surface area contributed by atoms with Crippen LogP contribution in [0, 0.1) is 6.92 Å². The number of hydrogen-bond donors (Lipinski definition) is 0. The number of carbonyl (C=O) groups excluding carboxylic acids is 1. The van der Waals surface area contributed by atoms with Crippen LogP contribution in [0.15, 0.2) is 38.9 Å². The summed E-state index contributed by atoms with van der Waals surface area (Å²) in [6.07, 6.45) is 1.85. The van der Waals surface area contributed by atoms with E-state index >= 15 is 0 Å².